The van der Waals surface area contributed by atoms with Crippen LogP contribution >= 0.6 is 0 Å². The van der Waals surface area contributed by atoms with Crippen molar-refractivity contribution in [1.82, 2.24) is 0 Å². The molecule has 0 unspecified atom stereocenters. The van der Waals surface area contributed by atoms with E-state index in [1.54, 1.807) is 0 Å². The van der Waals surface area contributed by atoms with Gasteiger partial charge in [0, 0.05) is 5.41 Å². The largest absolute Gasteiger partial charge is 0.0497 e. The summed E-state index contributed by atoms with van der Waals surface area (Å²) in [4.78, 5) is 9.89. The molecule has 0 saturated carbocycles. The van der Waals surface area contributed by atoms with Crippen LogP contribution in [0, 0.1) is 0 Å². The van der Waals surface area contributed by atoms with Crippen molar-refractivity contribution in [1.29, 1.82) is 0 Å². The van der Waals surface area contributed by atoms with Gasteiger partial charge in [0.2, 0.25) is 0 Å². The number of benzene rings is 6. The predicted octanol–water partition coefficient (Wildman–Crippen LogP) is 9.92. The van der Waals surface area contributed by atoms with Gasteiger partial charge in [-0.25, -0.2) is 0 Å². The van der Waals surface area contributed by atoms with Gasteiger partial charge in [0.05, 0.1) is 0 Å². The molecule has 0 aliphatic heterocycles. The topological polar surface area (TPSA) is 24.7 Å². The number of fused-ring (bicyclic) bond motifs is 3. The molecule has 6 aromatic rings. The van der Waals surface area contributed by atoms with Gasteiger partial charge in [0.15, 0.2) is 0 Å². The van der Waals surface area contributed by atoms with Crippen LogP contribution in [0.15, 0.2) is 162 Å². The average Bonchev–Trinajstić information content (AvgIpc) is 3.33. The molecule has 0 spiro atoms. The smallest absolute Gasteiger partial charge is 0.0295 e. The Bertz CT molecular complexity index is 2090. The number of nitrogens with zero attached hydrogens (tertiary/aromatic N) is 2. The van der Waals surface area contributed by atoms with E-state index in [-0.39, 0.29) is 5.41 Å². The summed E-state index contributed by atoms with van der Waals surface area (Å²) in [6.45, 7) is 4.67. The van der Waals surface area contributed by atoms with Crippen LogP contribution in [-0.2, 0) is 24.8 Å². The van der Waals surface area contributed by atoms with Crippen LogP contribution in [0.25, 0.3) is 33.4 Å². The van der Waals surface area contributed by atoms with Crippen LogP contribution in [0.3, 0.4) is 0 Å². The summed E-state index contributed by atoms with van der Waals surface area (Å²) in [5.41, 5.74) is 13.4. The number of aliphatic imine (C=N–C) groups is 2. The van der Waals surface area contributed by atoms with Gasteiger partial charge in [-0.05, 0) is 28.3 Å². The second kappa shape index (κ2) is 12.3. The molecule has 1 aliphatic rings. The van der Waals surface area contributed by atoms with Crippen LogP contribution in [0.2, 0.25) is 0 Å². The molecule has 0 amide bonds. The maximum absolute atomic E-state index is 4.98. The third-order valence-electron chi connectivity index (χ3n) is 8.60. The first-order chi connectivity index (χ1) is 22.0. The minimum absolute atomic E-state index is 0.0200. The molecule has 0 saturated heterocycles. The summed E-state index contributed by atoms with van der Waals surface area (Å²) in [5, 5.41) is 0. The van der Waals surface area contributed by atoms with E-state index < -0.39 is 0 Å². The Morgan fingerprint density at radius 1 is 0.533 bits per heavy atom. The predicted molar refractivity (Wildman–Crippen MR) is 186 cm³/mol. The van der Waals surface area contributed by atoms with Crippen molar-refractivity contribution >= 4 is 16.1 Å². The van der Waals surface area contributed by atoms with Gasteiger partial charge in [-0.2, -0.15) is 0 Å². The maximum Gasteiger partial charge on any atom is -0.0295 e. The monoisotopic (exact) mass is 748 g/mol. The Labute approximate surface area is 276 Å². The molecule has 0 radical (unpaired) electrons. The van der Waals surface area contributed by atoms with Crippen molar-refractivity contribution in [2.45, 2.75) is 19.3 Å². The fourth-order valence-electron chi connectivity index (χ4n) is 6.19. The zero-order valence-electron chi connectivity index (χ0n) is 25.3. The van der Waals surface area contributed by atoms with Gasteiger partial charge >= 0.3 is 194 Å². The summed E-state index contributed by atoms with van der Waals surface area (Å²) in [6.07, 6.45) is 1.92. The molecule has 1 aliphatic carbocycles. The van der Waals surface area contributed by atoms with Gasteiger partial charge in [-0.1, -0.05) is 50.2 Å². The number of rotatable bonds is 6. The van der Waals surface area contributed by atoms with Crippen LogP contribution in [0.5, 0.6) is 0 Å². The Balaban J connectivity index is 1.19. The van der Waals surface area contributed by atoms with Gasteiger partial charge in [0.25, 0.3) is 0 Å². The molecule has 2 nitrogen and oxygen atoms in total. The Kier molecular flexibility index (Phi) is 7.92. The van der Waals surface area contributed by atoms with Crippen LogP contribution in [-0.4, -0.2) is 16.1 Å². The van der Waals surface area contributed by atoms with Gasteiger partial charge < -0.3 is 0 Å². The Hall–Kier alpha value is -4.78. The summed E-state index contributed by atoms with van der Waals surface area (Å²) in [5.74, 6) is 0.707. The Morgan fingerprint density at radius 2 is 1.11 bits per heavy atom. The first-order valence-electron chi connectivity index (χ1n) is 15.2. The molecule has 0 atom stereocenters. The fourth-order valence-corrected chi connectivity index (χ4v) is 6.99. The summed E-state index contributed by atoms with van der Waals surface area (Å²) >= 11 is 1.30. The fraction of sp³-hybridized carbons (Fsp3) is 0.0714. The molecule has 0 heterocycles. The third-order valence-corrected chi connectivity index (χ3v) is 9.77. The molecule has 0 N–H and O–H groups in total. The van der Waals surface area contributed by atoms with E-state index >= 15 is 0 Å². The van der Waals surface area contributed by atoms with Gasteiger partial charge in [0.1, 0.15) is 0 Å². The van der Waals surface area contributed by atoms with E-state index in [0.717, 1.165) is 26.3 Å². The second-order valence-corrected chi connectivity index (χ2v) is 13.3. The second-order valence-electron chi connectivity index (χ2n) is 11.9. The van der Waals surface area contributed by atoms with E-state index in [1.807, 2.05) is 42.6 Å². The van der Waals surface area contributed by atoms with Crippen molar-refractivity contribution < 1.29 is 19.4 Å². The number of hydrogen-bond acceptors (Lipinski definition) is 1. The van der Waals surface area contributed by atoms with Crippen LogP contribution in [0.1, 0.15) is 41.7 Å². The average molecular weight is 749 g/mol. The molecular weight excluding hydrogens is 716 g/mol. The SMILES string of the molecule is CC1(C)c2ccccc2-c2ccc(-c3cccc(-c4cccc(C=NC(=N[C](=[W])c5ccccc5)c5ccccc5)c4)c3)cc21. The molecular formula is C42H32N2W. The molecule has 0 bridgehead atoms. The summed E-state index contributed by atoms with van der Waals surface area (Å²) in [6, 6.07) is 53.7. The van der Waals surface area contributed by atoms with Crippen LogP contribution < -0.4 is 0 Å². The molecule has 216 valence electrons. The van der Waals surface area contributed by atoms with Crippen molar-refractivity contribution in [2.24, 2.45) is 9.98 Å². The van der Waals surface area contributed by atoms with Crippen molar-refractivity contribution in [3.8, 4) is 33.4 Å². The zero-order valence-corrected chi connectivity index (χ0v) is 28.2. The van der Waals surface area contributed by atoms with Crippen molar-refractivity contribution in [3.63, 3.8) is 0 Å². The standard InChI is InChI=1S/C42H32N2.W/c1-42(2)39-22-10-9-21-37(39)38-24-23-36(27-40(38)42)35-20-12-19-34(26-35)33-18-11-15-31(25-33)29-44-41(32-16-7-4-8-17-32)43-28-30-13-5-3-6-14-30;/h3-27,29H,1-2H3;. The first-order valence-corrected chi connectivity index (χ1v) is 16.7. The zero-order chi connectivity index (χ0) is 30.8. The van der Waals surface area contributed by atoms with E-state index in [1.165, 1.54) is 58.3 Å². The third kappa shape index (κ3) is 5.87. The molecule has 6 aromatic carbocycles. The maximum atomic E-state index is 4.98. The molecule has 0 aromatic heterocycles. The molecule has 0 fully saturated rings. The summed E-state index contributed by atoms with van der Waals surface area (Å²) in [7, 11) is 0. The normalized spacial score (nSPS) is 13.4. The van der Waals surface area contributed by atoms with Gasteiger partial charge in [-0.3, -0.25) is 0 Å². The van der Waals surface area contributed by atoms with Gasteiger partial charge in [-0.15, -0.1) is 0 Å². The minimum atomic E-state index is -0.0200. The molecule has 7 rings (SSSR count). The van der Waals surface area contributed by atoms with Crippen LogP contribution in [0.4, 0.5) is 0 Å². The summed E-state index contributed by atoms with van der Waals surface area (Å²) < 4.78 is 1.01. The molecule has 3 heteroatoms. The van der Waals surface area contributed by atoms with Crippen molar-refractivity contribution in [3.05, 3.63) is 179 Å². The van der Waals surface area contributed by atoms with E-state index in [4.69, 9.17) is 9.98 Å². The van der Waals surface area contributed by atoms with E-state index in [9.17, 15) is 0 Å². The minimum Gasteiger partial charge on any atom is -0.0497 e. The van der Waals surface area contributed by atoms with Crippen molar-refractivity contribution in [2.75, 3.05) is 0 Å². The Morgan fingerprint density at radius 3 is 1.84 bits per heavy atom. The first kappa shape index (κ1) is 29.0. The quantitative estimate of drug-likeness (QED) is 0.120. The number of hydrogen-bond donors (Lipinski definition) is 0. The van der Waals surface area contributed by atoms with E-state index in [0.29, 0.717) is 5.84 Å². The molecule has 45 heavy (non-hydrogen) atoms. The number of amidine groups is 1. The van der Waals surface area contributed by atoms with E-state index in [2.05, 4.69) is 129 Å².